The fourth-order valence-electron chi connectivity index (χ4n) is 1.71. The summed E-state index contributed by atoms with van der Waals surface area (Å²) in [4.78, 5) is 34.0. The number of hydrogen-bond donors (Lipinski definition) is 1. The summed E-state index contributed by atoms with van der Waals surface area (Å²) in [6.07, 6.45) is 1.22. The van der Waals surface area contributed by atoms with Crippen LogP contribution in [-0.4, -0.2) is 33.5 Å². The smallest absolute Gasteiger partial charge is 0.357 e. The van der Waals surface area contributed by atoms with Gasteiger partial charge in [0, 0.05) is 17.7 Å². The first kappa shape index (κ1) is 14.4. The molecule has 0 aliphatic heterocycles. The molecule has 0 bridgehead atoms. The topological polar surface area (TPSA) is 115 Å². The van der Waals surface area contributed by atoms with Crippen molar-refractivity contribution in [2.24, 2.45) is 0 Å². The number of nitro benzene ring substituents is 1. The third-order valence-corrected chi connectivity index (χ3v) is 2.70. The molecular weight excluding hydrogens is 278 g/mol. The SMILES string of the molecule is CCOC(=O)c1[nH]ncc1C(=O)c1ccc([N+](=O)[O-])cc1. The fourth-order valence-corrected chi connectivity index (χ4v) is 1.71. The molecule has 2 rings (SSSR count). The van der Waals surface area contributed by atoms with Crippen molar-refractivity contribution in [1.82, 2.24) is 10.2 Å². The molecule has 0 atom stereocenters. The minimum Gasteiger partial charge on any atom is -0.461 e. The van der Waals surface area contributed by atoms with E-state index in [-0.39, 0.29) is 29.1 Å². The minimum atomic E-state index is -0.680. The van der Waals surface area contributed by atoms with Gasteiger partial charge in [-0.1, -0.05) is 0 Å². The van der Waals surface area contributed by atoms with Gasteiger partial charge < -0.3 is 4.74 Å². The Morgan fingerprint density at radius 2 is 2.00 bits per heavy atom. The lowest BCUT2D eigenvalue weighted by Crippen LogP contribution is -2.11. The molecule has 0 saturated carbocycles. The number of non-ortho nitro benzene ring substituents is 1. The van der Waals surface area contributed by atoms with Crippen LogP contribution < -0.4 is 0 Å². The van der Waals surface area contributed by atoms with Crippen LogP contribution in [0, 0.1) is 10.1 Å². The number of rotatable bonds is 5. The lowest BCUT2D eigenvalue weighted by molar-refractivity contribution is -0.384. The molecule has 0 saturated heterocycles. The van der Waals surface area contributed by atoms with Crippen molar-refractivity contribution in [3.63, 3.8) is 0 Å². The fraction of sp³-hybridized carbons (Fsp3) is 0.154. The van der Waals surface area contributed by atoms with Crippen molar-refractivity contribution >= 4 is 17.4 Å². The average molecular weight is 289 g/mol. The maximum Gasteiger partial charge on any atom is 0.357 e. The van der Waals surface area contributed by atoms with Crippen molar-refractivity contribution in [3.8, 4) is 0 Å². The number of benzene rings is 1. The molecule has 0 aliphatic rings. The molecule has 8 heteroatoms. The lowest BCUT2D eigenvalue weighted by atomic mass is 10.0. The van der Waals surface area contributed by atoms with E-state index in [0.29, 0.717) is 0 Å². The van der Waals surface area contributed by atoms with Crippen molar-refractivity contribution in [3.05, 3.63) is 57.4 Å². The van der Waals surface area contributed by atoms with E-state index < -0.39 is 16.7 Å². The summed E-state index contributed by atoms with van der Waals surface area (Å²) in [6.45, 7) is 1.81. The Morgan fingerprint density at radius 1 is 1.33 bits per heavy atom. The molecule has 108 valence electrons. The Bertz CT molecular complexity index is 690. The summed E-state index contributed by atoms with van der Waals surface area (Å²) >= 11 is 0. The summed E-state index contributed by atoms with van der Waals surface area (Å²) < 4.78 is 4.81. The number of hydrogen-bond acceptors (Lipinski definition) is 6. The van der Waals surface area contributed by atoms with Crippen molar-refractivity contribution in [1.29, 1.82) is 0 Å². The van der Waals surface area contributed by atoms with Gasteiger partial charge in [0.05, 0.1) is 23.3 Å². The van der Waals surface area contributed by atoms with Gasteiger partial charge in [-0.3, -0.25) is 20.0 Å². The second-order valence-electron chi connectivity index (χ2n) is 4.01. The molecule has 2 aromatic rings. The summed E-state index contributed by atoms with van der Waals surface area (Å²) in [5, 5.41) is 16.7. The average Bonchev–Trinajstić information content (AvgIpc) is 2.96. The van der Waals surface area contributed by atoms with Crippen LogP contribution in [0.2, 0.25) is 0 Å². The van der Waals surface area contributed by atoms with E-state index >= 15 is 0 Å². The van der Waals surface area contributed by atoms with E-state index in [4.69, 9.17) is 4.74 Å². The van der Waals surface area contributed by atoms with E-state index in [1.54, 1.807) is 6.92 Å². The van der Waals surface area contributed by atoms with Crippen molar-refractivity contribution < 1.29 is 19.2 Å². The number of ether oxygens (including phenoxy) is 1. The second-order valence-corrected chi connectivity index (χ2v) is 4.01. The number of carbonyl (C=O) groups is 2. The Morgan fingerprint density at radius 3 is 2.57 bits per heavy atom. The number of nitro groups is 1. The van der Waals surface area contributed by atoms with Gasteiger partial charge >= 0.3 is 5.97 Å². The molecule has 0 unspecified atom stereocenters. The normalized spacial score (nSPS) is 10.1. The highest BCUT2D eigenvalue weighted by molar-refractivity contribution is 6.13. The van der Waals surface area contributed by atoms with E-state index in [1.165, 1.54) is 30.5 Å². The number of esters is 1. The predicted molar refractivity (Wildman–Crippen MR) is 71.1 cm³/mol. The number of nitrogens with one attached hydrogen (secondary N) is 1. The van der Waals surface area contributed by atoms with Gasteiger partial charge in [0.1, 0.15) is 0 Å². The highest BCUT2D eigenvalue weighted by Gasteiger charge is 2.22. The molecule has 1 N–H and O–H groups in total. The monoisotopic (exact) mass is 289 g/mol. The summed E-state index contributed by atoms with van der Waals surface area (Å²) in [7, 11) is 0. The zero-order valence-corrected chi connectivity index (χ0v) is 11.0. The van der Waals surface area contributed by atoms with E-state index in [0.717, 1.165) is 0 Å². The number of aromatic nitrogens is 2. The Labute approximate surface area is 118 Å². The molecule has 8 nitrogen and oxygen atoms in total. The van der Waals surface area contributed by atoms with Gasteiger partial charge in [-0.05, 0) is 19.1 Å². The van der Waals surface area contributed by atoms with Gasteiger partial charge in [-0.25, -0.2) is 4.79 Å². The number of ketones is 1. The van der Waals surface area contributed by atoms with Gasteiger partial charge in [0.15, 0.2) is 11.5 Å². The first-order valence-corrected chi connectivity index (χ1v) is 6.04. The van der Waals surface area contributed by atoms with Crippen LogP contribution in [0.25, 0.3) is 0 Å². The Hall–Kier alpha value is -3.03. The van der Waals surface area contributed by atoms with Crippen molar-refractivity contribution in [2.75, 3.05) is 6.61 Å². The van der Waals surface area contributed by atoms with Crippen LogP contribution in [0.15, 0.2) is 30.5 Å². The highest BCUT2D eigenvalue weighted by atomic mass is 16.6. The van der Waals surface area contributed by atoms with Gasteiger partial charge in [-0.15, -0.1) is 0 Å². The van der Waals surface area contributed by atoms with Gasteiger partial charge in [0.25, 0.3) is 5.69 Å². The Balaban J connectivity index is 2.30. The molecular formula is C13H11N3O5. The summed E-state index contributed by atoms with van der Waals surface area (Å²) in [5.74, 6) is -1.15. The third-order valence-electron chi connectivity index (χ3n) is 2.70. The second kappa shape index (κ2) is 5.95. The molecule has 1 heterocycles. The van der Waals surface area contributed by atoms with E-state index in [2.05, 4.69) is 10.2 Å². The molecule has 1 aromatic heterocycles. The molecule has 0 fully saturated rings. The van der Waals surface area contributed by atoms with Crippen LogP contribution in [0.5, 0.6) is 0 Å². The molecule has 0 aliphatic carbocycles. The quantitative estimate of drug-likeness (QED) is 0.388. The van der Waals surface area contributed by atoms with Crippen LogP contribution in [0.4, 0.5) is 5.69 Å². The summed E-state index contributed by atoms with van der Waals surface area (Å²) in [5.41, 5.74) is 0.111. The lowest BCUT2D eigenvalue weighted by Gasteiger charge is -2.02. The maximum atomic E-state index is 12.3. The third kappa shape index (κ3) is 2.94. The molecule has 1 aromatic carbocycles. The van der Waals surface area contributed by atoms with Crippen LogP contribution >= 0.6 is 0 Å². The Kier molecular flexibility index (Phi) is 4.07. The first-order chi connectivity index (χ1) is 10.0. The first-order valence-electron chi connectivity index (χ1n) is 6.04. The molecule has 0 spiro atoms. The van der Waals surface area contributed by atoms with E-state index in [1.807, 2.05) is 0 Å². The zero-order valence-electron chi connectivity index (χ0n) is 11.0. The number of H-pyrrole nitrogens is 1. The predicted octanol–water partition coefficient (Wildman–Crippen LogP) is 1.73. The van der Waals surface area contributed by atoms with Crippen molar-refractivity contribution in [2.45, 2.75) is 6.92 Å². The molecule has 0 amide bonds. The molecule has 21 heavy (non-hydrogen) atoms. The number of carbonyl (C=O) groups excluding carboxylic acids is 2. The van der Waals surface area contributed by atoms with Crippen LogP contribution in [0.1, 0.15) is 33.3 Å². The molecule has 0 radical (unpaired) electrons. The summed E-state index contributed by atoms with van der Waals surface area (Å²) in [6, 6.07) is 5.08. The zero-order chi connectivity index (χ0) is 15.4. The maximum absolute atomic E-state index is 12.3. The van der Waals surface area contributed by atoms with Crippen LogP contribution in [0.3, 0.4) is 0 Å². The van der Waals surface area contributed by atoms with Gasteiger partial charge in [0.2, 0.25) is 0 Å². The number of aromatic amines is 1. The standard InChI is InChI=1S/C13H11N3O5/c1-2-21-13(18)11-10(7-14-15-11)12(17)8-3-5-9(6-4-8)16(19)20/h3-7H,2H2,1H3,(H,14,15). The van der Waals surface area contributed by atoms with E-state index in [9.17, 15) is 19.7 Å². The largest absolute Gasteiger partial charge is 0.461 e. The van der Waals surface area contributed by atoms with Crippen LogP contribution in [-0.2, 0) is 4.74 Å². The minimum absolute atomic E-state index is 0.0415. The van der Waals surface area contributed by atoms with Gasteiger partial charge in [-0.2, -0.15) is 5.10 Å². The number of nitrogens with zero attached hydrogens (tertiary/aromatic N) is 2. The highest BCUT2D eigenvalue weighted by Crippen LogP contribution is 2.17.